The van der Waals surface area contributed by atoms with Crippen LogP contribution >= 0.6 is 11.8 Å². The molecule has 0 radical (unpaired) electrons. The minimum atomic E-state index is -0.458. The van der Waals surface area contributed by atoms with E-state index >= 15 is 0 Å². The average Bonchev–Trinajstić information content (AvgIpc) is 3.21. The zero-order valence-corrected chi connectivity index (χ0v) is 19.3. The molecule has 8 nitrogen and oxygen atoms in total. The highest BCUT2D eigenvalue weighted by atomic mass is 32.2. The van der Waals surface area contributed by atoms with Crippen LogP contribution in [0.2, 0.25) is 0 Å². The molecule has 4 rings (SSSR count). The number of likely N-dealkylation sites (tertiary alicyclic amines) is 1. The van der Waals surface area contributed by atoms with Crippen LogP contribution in [0, 0.1) is 5.41 Å². The van der Waals surface area contributed by atoms with Crippen LogP contribution in [-0.4, -0.2) is 63.9 Å². The zero-order chi connectivity index (χ0) is 22.7. The van der Waals surface area contributed by atoms with Gasteiger partial charge in [-0.3, -0.25) is 15.0 Å². The van der Waals surface area contributed by atoms with E-state index in [-0.39, 0.29) is 23.7 Å². The molecule has 1 saturated heterocycles. The highest BCUT2D eigenvalue weighted by Crippen LogP contribution is 2.30. The lowest BCUT2D eigenvalue weighted by Gasteiger charge is -2.26. The first kappa shape index (κ1) is 22.3. The number of carbonyl (C=O) groups is 2. The Kier molecular flexibility index (Phi) is 6.74. The summed E-state index contributed by atoms with van der Waals surface area (Å²) in [6.07, 6.45) is 5.08. The normalized spacial score (nSPS) is 19.8. The summed E-state index contributed by atoms with van der Waals surface area (Å²) in [5.41, 5.74) is 2.13. The predicted molar refractivity (Wildman–Crippen MR) is 130 cm³/mol. The van der Waals surface area contributed by atoms with E-state index in [9.17, 15) is 9.59 Å². The van der Waals surface area contributed by atoms with Gasteiger partial charge in [0.15, 0.2) is 5.84 Å². The largest absolute Gasteiger partial charge is 0.372 e. The molecule has 0 bridgehead atoms. The topological polar surface area (TPSA) is 92.4 Å². The number of nitrogens with zero attached hydrogens (tertiary/aromatic N) is 5. The van der Waals surface area contributed by atoms with E-state index in [4.69, 9.17) is 5.41 Å². The van der Waals surface area contributed by atoms with Crippen molar-refractivity contribution in [3.63, 3.8) is 0 Å². The number of fused-ring (bicyclic) bond motifs is 1. The standard InChI is InChI=1S/C23H28N6O2S/c1-3-27(4-2)17-10-8-16(9-11-17)14-18-21(24)29-23(25-22(18)31)32-19(26-29)15-20(30)28-12-6-5-7-13-28/h8-11,14,24H,3-7,12-13,15H2,1-2H3. The van der Waals surface area contributed by atoms with Crippen molar-refractivity contribution in [2.45, 2.75) is 39.5 Å². The summed E-state index contributed by atoms with van der Waals surface area (Å²) >= 11 is 1.20. The molecule has 2 amide bonds. The summed E-state index contributed by atoms with van der Waals surface area (Å²) in [5.74, 6) is -0.431. The van der Waals surface area contributed by atoms with Gasteiger partial charge in [-0.1, -0.05) is 12.1 Å². The number of benzene rings is 1. The van der Waals surface area contributed by atoms with Crippen molar-refractivity contribution in [1.82, 2.24) is 9.91 Å². The van der Waals surface area contributed by atoms with Gasteiger partial charge < -0.3 is 9.80 Å². The van der Waals surface area contributed by atoms with Crippen LogP contribution in [-0.2, 0) is 9.59 Å². The average molecular weight is 453 g/mol. The quantitative estimate of drug-likeness (QED) is 0.667. The lowest BCUT2D eigenvalue weighted by atomic mass is 10.1. The van der Waals surface area contributed by atoms with Gasteiger partial charge in [0, 0.05) is 31.9 Å². The molecular formula is C23H28N6O2S. The number of rotatable bonds is 6. The van der Waals surface area contributed by atoms with E-state index in [2.05, 4.69) is 28.8 Å². The van der Waals surface area contributed by atoms with Gasteiger partial charge in [0.2, 0.25) is 11.1 Å². The molecule has 3 heterocycles. The molecule has 1 fully saturated rings. The molecule has 0 aliphatic carbocycles. The van der Waals surface area contributed by atoms with Crippen molar-refractivity contribution in [2.24, 2.45) is 10.1 Å². The maximum absolute atomic E-state index is 12.6. The molecule has 1 aromatic carbocycles. The molecule has 168 valence electrons. The summed E-state index contributed by atoms with van der Waals surface area (Å²) in [7, 11) is 0. The molecule has 3 aliphatic heterocycles. The van der Waals surface area contributed by atoms with Crippen LogP contribution in [0.5, 0.6) is 0 Å². The van der Waals surface area contributed by atoms with Gasteiger partial charge in [0.1, 0.15) is 5.04 Å². The van der Waals surface area contributed by atoms with E-state index in [0.717, 1.165) is 56.7 Å². The Morgan fingerprint density at radius 1 is 1.16 bits per heavy atom. The third-order valence-electron chi connectivity index (χ3n) is 5.84. The van der Waals surface area contributed by atoms with Crippen molar-refractivity contribution in [3.8, 4) is 0 Å². The van der Waals surface area contributed by atoms with Crippen molar-refractivity contribution < 1.29 is 9.59 Å². The first-order valence-corrected chi connectivity index (χ1v) is 11.9. The number of aliphatic imine (C=N–C) groups is 1. The fourth-order valence-electron chi connectivity index (χ4n) is 4.02. The first-order valence-electron chi connectivity index (χ1n) is 11.1. The van der Waals surface area contributed by atoms with Gasteiger partial charge in [-0.05, 0) is 68.6 Å². The number of piperidine rings is 1. The molecular weight excluding hydrogens is 424 g/mol. The first-order chi connectivity index (χ1) is 15.5. The summed E-state index contributed by atoms with van der Waals surface area (Å²) in [6, 6.07) is 7.90. The van der Waals surface area contributed by atoms with Crippen LogP contribution < -0.4 is 4.90 Å². The molecule has 0 aromatic heterocycles. The smallest absolute Gasteiger partial charge is 0.283 e. The Hall–Kier alpha value is -2.94. The third-order valence-corrected chi connectivity index (χ3v) is 6.75. The third kappa shape index (κ3) is 4.62. The maximum Gasteiger partial charge on any atom is 0.283 e. The van der Waals surface area contributed by atoms with Gasteiger partial charge in [0.25, 0.3) is 5.91 Å². The summed E-state index contributed by atoms with van der Waals surface area (Å²) in [6.45, 7) is 7.64. The number of carbonyl (C=O) groups excluding carboxylic acids is 2. The van der Waals surface area contributed by atoms with Crippen molar-refractivity contribution in [3.05, 3.63) is 35.4 Å². The number of hydrazone groups is 1. The highest BCUT2D eigenvalue weighted by Gasteiger charge is 2.36. The minimum absolute atomic E-state index is 0.0132. The van der Waals surface area contributed by atoms with E-state index < -0.39 is 5.91 Å². The Bertz CT molecular complexity index is 1000. The maximum atomic E-state index is 12.6. The van der Waals surface area contributed by atoms with E-state index in [1.54, 1.807) is 6.08 Å². The van der Waals surface area contributed by atoms with Crippen LogP contribution in [0.15, 0.2) is 39.9 Å². The number of amides is 2. The van der Waals surface area contributed by atoms with Gasteiger partial charge in [-0.25, -0.2) is 0 Å². The summed E-state index contributed by atoms with van der Waals surface area (Å²) in [5, 5.41) is 15.2. The van der Waals surface area contributed by atoms with Crippen LogP contribution in [0.25, 0.3) is 6.08 Å². The number of nitrogens with one attached hydrogen (secondary N) is 1. The second-order valence-corrected chi connectivity index (χ2v) is 8.94. The Morgan fingerprint density at radius 2 is 1.84 bits per heavy atom. The molecule has 0 saturated carbocycles. The van der Waals surface area contributed by atoms with Crippen LogP contribution in [0.1, 0.15) is 45.1 Å². The Balaban J connectivity index is 1.49. The zero-order valence-electron chi connectivity index (χ0n) is 18.5. The number of thioether (sulfide) groups is 1. The van der Waals surface area contributed by atoms with Gasteiger partial charge in [-0.15, -0.1) is 0 Å². The Labute approximate surface area is 192 Å². The number of hydrogen-bond donors (Lipinski definition) is 1. The fourth-order valence-corrected chi connectivity index (χ4v) is 4.90. The van der Waals surface area contributed by atoms with E-state index in [1.165, 1.54) is 16.8 Å². The molecule has 0 spiro atoms. The van der Waals surface area contributed by atoms with Crippen molar-refractivity contribution in [1.29, 1.82) is 5.41 Å². The SMILES string of the molecule is CCN(CC)c1ccc(C=C2C(=N)N3N=C(CC(=O)N4CCCCC4)SC3=NC2=O)cc1. The van der Waals surface area contributed by atoms with Gasteiger partial charge in [0.05, 0.1) is 12.0 Å². The van der Waals surface area contributed by atoms with Gasteiger partial charge >= 0.3 is 0 Å². The van der Waals surface area contributed by atoms with Crippen LogP contribution in [0.3, 0.4) is 0 Å². The monoisotopic (exact) mass is 452 g/mol. The summed E-state index contributed by atoms with van der Waals surface area (Å²) < 4.78 is 0. The number of hydrogen-bond acceptors (Lipinski definition) is 6. The van der Waals surface area contributed by atoms with Crippen molar-refractivity contribution >= 4 is 51.4 Å². The molecule has 1 N–H and O–H groups in total. The molecule has 32 heavy (non-hydrogen) atoms. The summed E-state index contributed by atoms with van der Waals surface area (Å²) in [4.78, 5) is 33.4. The molecule has 0 atom stereocenters. The molecule has 9 heteroatoms. The molecule has 0 unspecified atom stereocenters. The highest BCUT2D eigenvalue weighted by molar-refractivity contribution is 8.27. The van der Waals surface area contributed by atoms with Gasteiger partial charge in [-0.2, -0.15) is 15.1 Å². The van der Waals surface area contributed by atoms with E-state index in [1.807, 2.05) is 29.2 Å². The fraction of sp³-hybridized carbons (Fsp3) is 0.435. The minimum Gasteiger partial charge on any atom is -0.372 e. The lowest BCUT2D eigenvalue weighted by Crippen LogP contribution is -2.36. The second-order valence-electron chi connectivity index (χ2n) is 7.90. The number of amidine groups is 2. The van der Waals surface area contributed by atoms with Crippen LogP contribution in [0.4, 0.5) is 5.69 Å². The van der Waals surface area contributed by atoms with Crippen molar-refractivity contribution in [2.75, 3.05) is 31.1 Å². The predicted octanol–water partition coefficient (Wildman–Crippen LogP) is 3.55. The molecule has 3 aliphatic rings. The van der Waals surface area contributed by atoms with E-state index in [0.29, 0.717) is 10.2 Å². The second kappa shape index (κ2) is 9.68. The Morgan fingerprint density at radius 3 is 2.50 bits per heavy atom. The lowest BCUT2D eigenvalue weighted by molar-refractivity contribution is -0.130. The molecule has 1 aromatic rings. The number of anilines is 1.